The third kappa shape index (κ3) is 5.73. The molecule has 1 aliphatic rings. The summed E-state index contributed by atoms with van der Waals surface area (Å²) in [6.07, 6.45) is 0.270. The summed E-state index contributed by atoms with van der Waals surface area (Å²) in [5.41, 5.74) is 7.13. The van der Waals surface area contributed by atoms with Gasteiger partial charge in [-0.1, -0.05) is 54.6 Å². The number of primary amides is 1. The van der Waals surface area contributed by atoms with Crippen LogP contribution in [0.3, 0.4) is 0 Å². The molecule has 7 nitrogen and oxygen atoms in total. The number of sulfonamides is 1. The molecule has 0 spiro atoms. The fraction of sp³-hybridized carbons (Fsp3) is 0.286. The van der Waals surface area contributed by atoms with E-state index in [1.807, 2.05) is 0 Å². The van der Waals surface area contributed by atoms with Crippen molar-refractivity contribution in [2.24, 2.45) is 10.1 Å². The Morgan fingerprint density at radius 1 is 1.05 bits per heavy atom. The molecule has 3 aromatic carbocycles. The molecule has 0 fully saturated rings. The van der Waals surface area contributed by atoms with Crippen LogP contribution in [-0.4, -0.2) is 37.5 Å². The maximum absolute atomic E-state index is 14.4. The van der Waals surface area contributed by atoms with Crippen LogP contribution in [0.25, 0.3) is 11.1 Å². The molecule has 3 aromatic rings. The van der Waals surface area contributed by atoms with Crippen LogP contribution in [-0.2, 0) is 14.8 Å². The van der Waals surface area contributed by atoms with Crippen LogP contribution in [0.2, 0.25) is 0 Å². The summed E-state index contributed by atoms with van der Waals surface area (Å²) in [6.45, 7) is 3.18. The lowest BCUT2D eigenvalue weighted by molar-refractivity contribution is 0.0797. The van der Waals surface area contributed by atoms with Gasteiger partial charge in [-0.2, -0.15) is 0 Å². The Bertz CT molecular complexity index is 1420. The third-order valence-corrected chi connectivity index (χ3v) is 8.39. The van der Waals surface area contributed by atoms with Gasteiger partial charge in [-0.05, 0) is 66.6 Å². The predicted octanol–water partition coefficient (Wildman–Crippen LogP) is 4.73. The van der Waals surface area contributed by atoms with Gasteiger partial charge in [0.1, 0.15) is 16.7 Å². The maximum atomic E-state index is 14.4. The van der Waals surface area contributed by atoms with Gasteiger partial charge in [0.2, 0.25) is 11.8 Å². The molecule has 3 N–H and O–H groups in total. The quantitative estimate of drug-likeness (QED) is 0.442. The van der Waals surface area contributed by atoms with E-state index in [9.17, 15) is 22.7 Å². The molecule has 9 heteroatoms. The Balaban J connectivity index is 1.61. The van der Waals surface area contributed by atoms with Crippen molar-refractivity contribution in [2.45, 2.75) is 43.5 Å². The number of ether oxygens (including phenoxy) is 1. The van der Waals surface area contributed by atoms with Crippen molar-refractivity contribution in [1.29, 1.82) is 0 Å². The summed E-state index contributed by atoms with van der Waals surface area (Å²) < 4.78 is 51.2. The van der Waals surface area contributed by atoms with Gasteiger partial charge in [-0.15, -0.1) is 4.40 Å². The zero-order valence-electron chi connectivity index (χ0n) is 20.6. The Morgan fingerprint density at radius 2 is 1.65 bits per heavy atom. The summed E-state index contributed by atoms with van der Waals surface area (Å²) in [7, 11) is -4.02. The summed E-state index contributed by atoms with van der Waals surface area (Å²) in [6, 6.07) is 20.1. The van der Waals surface area contributed by atoms with Crippen LogP contribution >= 0.6 is 0 Å². The van der Waals surface area contributed by atoms with E-state index in [4.69, 9.17) is 10.5 Å². The van der Waals surface area contributed by atoms with Gasteiger partial charge in [-0.25, -0.2) is 12.8 Å². The average Bonchev–Trinajstić information content (AvgIpc) is 2.83. The number of aliphatic hydroxyl groups is 1. The first kappa shape index (κ1) is 26.5. The van der Waals surface area contributed by atoms with E-state index in [0.29, 0.717) is 16.7 Å². The van der Waals surface area contributed by atoms with Gasteiger partial charge < -0.3 is 15.6 Å². The maximum Gasteiger partial charge on any atom is 0.267 e. The van der Waals surface area contributed by atoms with E-state index in [0.717, 1.165) is 11.1 Å². The topological polar surface area (TPSA) is 119 Å². The standard InChI is InChI=1S/C28H29FN2O5S/c1-28(2)26(20-11-7-18(8-12-20)19-9-13-21(14-10-19)27(30)33)37(34,35)31-25(36-28)17-22(15-16-32)23-5-3-4-6-24(23)29/h3-14,22,26,32H,15-17H2,1-2H3,(H2,30,33)/t22-,26?/m1/s1. The van der Waals surface area contributed by atoms with Gasteiger partial charge in [0, 0.05) is 18.6 Å². The van der Waals surface area contributed by atoms with Crippen molar-refractivity contribution in [3.8, 4) is 11.1 Å². The molecule has 37 heavy (non-hydrogen) atoms. The molecule has 0 aliphatic carbocycles. The lowest BCUT2D eigenvalue weighted by Crippen LogP contribution is -2.43. The van der Waals surface area contributed by atoms with E-state index in [1.54, 1.807) is 80.6 Å². The van der Waals surface area contributed by atoms with Gasteiger partial charge in [0.25, 0.3) is 10.0 Å². The van der Waals surface area contributed by atoms with Gasteiger partial charge in [-0.3, -0.25) is 4.79 Å². The Morgan fingerprint density at radius 3 is 2.19 bits per heavy atom. The number of hydrogen-bond donors (Lipinski definition) is 2. The fourth-order valence-corrected chi connectivity index (χ4v) is 6.57. The van der Waals surface area contributed by atoms with Crippen molar-refractivity contribution >= 4 is 21.8 Å². The van der Waals surface area contributed by atoms with Gasteiger partial charge >= 0.3 is 0 Å². The molecular formula is C28H29FN2O5S. The summed E-state index contributed by atoms with van der Waals surface area (Å²) in [5, 5.41) is 8.46. The van der Waals surface area contributed by atoms with Crippen LogP contribution in [0.1, 0.15) is 59.3 Å². The zero-order valence-corrected chi connectivity index (χ0v) is 21.4. The number of halogens is 1. The molecular weight excluding hydrogens is 495 g/mol. The molecule has 0 saturated carbocycles. The number of amides is 1. The van der Waals surface area contributed by atoms with Crippen molar-refractivity contribution in [2.75, 3.05) is 6.61 Å². The first-order valence-electron chi connectivity index (χ1n) is 11.9. The minimum Gasteiger partial charge on any atom is -0.472 e. The Hall–Kier alpha value is -3.56. The number of nitrogens with zero attached hydrogens (tertiary/aromatic N) is 1. The number of aliphatic hydroxyl groups excluding tert-OH is 1. The number of carbonyl (C=O) groups is 1. The number of benzene rings is 3. The van der Waals surface area contributed by atoms with Crippen molar-refractivity contribution in [3.63, 3.8) is 0 Å². The monoisotopic (exact) mass is 524 g/mol. The van der Waals surface area contributed by atoms with Crippen LogP contribution in [0.5, 0.6) is 0 Å². The highest BCUT2D eigenvalue weighted by Crippen LogP contribution is 2.42. The SMILES string of the molecule is CC1(C)OC(C[C@@H](CCO)c2ccccc2F)=NS(=O)(=O)C1c1ccc(-c2ccc(C(N)=O)cc2)cc1. The summed E-state index contributed by atoms with van der Waals surface area (Å²) >= 11 is 0. The minimum absolute atomic E-state index is 0.00545. The van der Waals surface area contributed by atoms with Crippen molar-refractivity contribution < 1.29 is 27.4 Å². The highest BCUT2D eigenvalue weighted by atomic mass is 32.2. The molecule has 2 atom stereocenters. The molecule has 1 aliphatic heterocycles. The predicted molar refractivity (Wildman–Crippen MR) is 140 cm³/mol. The molecule has 1 unspecified atom stereocenters. The second-order valence-electron chi connectivity index (χ2n) is 9.58. The lowest BCUT2D eigenvalue weighted by atomic mass is 9.91. The summed E-state index contributed by atoms with van der Waals surface area (Å²) in [4.78, 5) is 11.3. The second-order valence-corrected chi connectivity index (χ2v) is 11.3. The highest BCUT2D eigenvalue weighted by molar-refractivity contribution is 7.90. The molecule has 0 aromatic heterocycles. The Kier molecular flexibility index (Phi) is 7.47. The first-order chi connectivity index (χ1) is 17.5. The fourth-order valence-electron chi connectivity index (χ4n) is 4.80. The molecule has 1 amide bonds. The molecule has 194 valence electrons. The number of nitrogens with two attached hydrogens (primary N) is 1. The van der Waals surface area contributed by atoms with E-state index < -0.39 is 38.5 Å². The smallest absolute Gasteiger partial charge is 0.267 e. The lowest BCUT2D eigenvalue weighted by Gasteiger charge is -2.38. The third-order valence-electron chi connectivity index (χ3n) is 6.50. The van der Waals surface area contributed by atoms with Gasteiger partial charge in [0.15, 0.2) is 0 Å². The van der Waals surface area contributed by atoms with Crippen molar-refractivity contribution in [1.82, 2.24) is 0 Å². The van der Waals surface area contributed by atoms with Gasteiger partial charge in [0.05, 0.1) is 0 Å². The van der Waals surface area contributed by atoms with E-state index >= 15 is 0 Å². The van der Waals surface area contributed by atoms with Crippen molar-refractivity contribution in [3.05, 3.63) is 95.3 Å². The highest BCUT2D eigenvalue weighted by Gasteiger charge is 2.47. The zero-order chi connectivity index (χ0) is 26.8. The summed E-state index contributed by atoms with van der Waals surface area (Å²) in [5.74, 6) is -1.44. The normalized spacial score (nSPS) is 18.9. The van der Waals surface area contributed by atoms with E-state index in [2.05, 4.69) is 4.40 Å². The van der Waals surface area contributed by atoms with Crippen LogP contribution in [0.4, 0.5) is 4.39 Å². The molecule has 0 bridgehead atoms. The first-order valence-corrected chi connectivity index (χ1v) is 13.4. The molecule has 4 rings (SSSR count). The minimum atomic E-state index is -4.02. The van der Waals surface area contributed by atoms with Crippen LogP contribution < -0.4 is 5.73 Å². The van der Waals surface area contributed by atoms with E-state index in [-0.39, 0.29) is 25.3 Å². The average molecular weight is 525 g/mol. The number of hydrogen-bond acceptors (Lipinski definition) is 5. The van der Waals surface area contributed by atoms with E-state index in [1.165, 1.54) is 6.07 Å². The molecule has 0 saturated heterocycles. The van der Waals surface area contributed by atoms with Crippen LogP contribution in [0, 0.1) is 5.82 Å². The number of carbonyl (C=O) groups excluding carboxylic acids is 1. The second kappa shape index (κ2) is 10.4. The molecule has 1 heterocycles. The molecule has 0 radical (unpaired) electrons. The Labute approximate surface area is 215 Å². The number of rotatable bonds is 8. The largest absolute Gasteiger partial charge is 0.472 e. The van der Waals surface area contributed by atoms with Crippen LogP contribution in [0.15, 0.2) is 77.2 Å².